The van der Waals surface area contributed by atoms with Crippen molar-refractivity contribution in [1.29, 1.82) is 0 Å². The lowest BCUT2D eigenvalue weighted by molar-refractivity contribution is -0.157. The van der Waals surface area contributed by atoms with E-state index >= 15 is 0 Å². The molecular formula is C20H21N3O5S. The Kier molecular flexibility index (Phi) is 5.97. The third-order valence-electron chi connectivity index (χ3n) is 4.63. The summed E-state index contributed by atoms with van der Waals surface area (Å²) in [6, 6.07) is 8.95. The van der Waals surface area contributed by atoms with E-state index in [-0.39, 0.29) is 24.4 Å². The van der Waals surface area contributed by atoms with Gasteiger partial charge >= 0.3 is 5.97 Å². The van der Waals surface area contributed by atoms with Crippen LogP contribution in [0.2, 0.25) is 0 Å². The van der Waals surface area contributed by atoms with Crippen molar-refractivity contribution in [2.75, 3.05) is 16.8 Å². The van der Waals surface area contributed by atoms with Crippen LogP contribution in [0.3, 0.4) is 0 Å². The monoisotopic (exact) mass is 415 g/mol. The van der Waals surface area contributed by atoms with E-state index in [1.807, 2.05) is 31.2 Å². The lowest BCUT2D eigenvalue weighted by atomic mass is 10.1. The topological polar surface area (TPSA) is 119 Å². The van der Waals surface area contributed by atoms with E-state index in [9.17, 15) is 19.2 Å². The SMILES string of the molecule is Cc1ccc(N2C[C@H](C(=O)O[C@H](C)C(=O)Nc3sccc3C(N)=O)CC2=O)cc1. The minimum absolute atomic E-state index is 0.0256. The second-order valence-corrected chi connectivity index (χ2v) is 7.75. The maximum atomic E-state index is 12.5. The summed E-state index contributed by atoms with van der Waals surface area (Å²) < 4.78 is 5.26. The molecule has 2 aromatic rings. The van der Waals surface area contributed by atoms with Crippen molar-refractivity contribution in [3.63, 3.8) is 0 Å². The minimum Gasteiger partial charge on any atom is -0.452 e. The molecule has 0 saturated carbocycles. The highest BCUT2D eigenvalue weighted by Gasteiger charge is 2.37. The van der Waals surface area contributed by atoms with E-state index in [0.29, 0.717) is 5.00 Å². The van der Waals surface area contributed by atoms with Crippen LogP contribution in [0, 0.1) is 12.8 Å². The molecule has 0 aliphatic carbocycles. The molecular weight excluding hydrogens is 394 g/mol. The summed E-state index contributed by atoms with van der Waals surface area (Å²) in [4.78, 5) is 50.0. The number of primary amides is 1. The van der Waals surface area contributed by atoms with Gasteiger partial charge in [0.05, 0.1) is 11.5 Å². The second kappa shape index (κ2) is 8.44. The van der Waals surface area contributed by atoms with Crippen LogP contribution in [0.5, 0.6) is 0 Å². The molecule has 29 heavy (non-hydrogen) atoms. The summed E-state index contributed by atoms with van der Waals surface area (Å²) in [6.07, 6.45) is -1.06. The number of aryl methyl sites for hydroxylation is 1. The Labute approximate surface area is 171 Å². The van der Waals surface area contributed by atoms with Crippen molar-refractivity contribution in [3.8, 4) is 0 Å². The maximum absolute atomic E-state index is 12.5. The number of anilines is 2. The van der Waals surface area contributed by atoms with E-state index in [2.05, 4.69) is 5.32 Å². The fourth-order valence-electron chi connectivity index (χ4n) is 2.98. The highest BCUT2D eigenvalue weighted by atomic mass is 32.1. The summed E-state index contributed by atoms with van der Waals surface area (Å²) in [7, 11) is 0. The molecule has 1 saturated heterocycles. The lowest BCUT2D eigenvalue weighted by Gasteiger charge is -2.18. The molecule has 1 aromatic carbocycles. The third kappa shape index (κ3) is 4.62. The number of hydrogen-bond acceptors (Lipinski definition) is 6. The molecule has 0 unspecified atom stereocenters. The molecule has 0 spiro atoms. The van der Waals surface area contributed by atoms with Crippen LogP contribution in [0.1, 0.15) is 29.3 Å². The van der Waals surface area contributed by atoms with Crippen LogP contribution in [0.4, 0.5) is 10.7 Å². The maximum Gasteiger partial charge on any atom is 0.312 e. The molecule has 0 bridgehead atoms. The number of esters is 1. The van der Waals surface area contributed by atoms with Crippen LogP contribution in [0.15, 0.2) is 35.7 Å². The summed E-state index contributed by atoms with van der Waals surface area (Å²) in [5.74, 6) is -2.67. The molecule has 1 aliphatic rings. The van der Waals surface area contributed by atoms with E-state index < -0.39 is 29.8 Å². The molecule has 0 radical (unpaired) electrons. The Balaban J connectivity index is 1.58. The van der Waals surface area contributed by atoms with Crippen LogP contribution in [-0.4, -0.2) is 36.3 Å². The van der Waals surface area contributed by atoms with E-state index in [1.54, 1.807) is 10.3 Å². The quantitative estimate of drug-likeness (QED) is 0.700. The van der Waals surface area contributed by atoms with Crippen molar-refractivity contribution in [2.45, 2.75) is 26.4 Å². The van der Waals surface area contributed by atoms with Gasteiger partial charge in [-0.2, -0.15) is 0 Å². The molecule has 3 amide bonds. The van der Waals surface area contributed by atoms with Crippen LogP contribution in [0.25, 0.3) is 0 Å². The highest BCUT2D eigenvalue weighted by molar-refractivity contribution is 7.14. The number of nitrogens with two attached hydrogens (primary N) is 1. The Hall–Kier alpha value is -3.20. The van der Waals surface area contributed by atoms with Crippen molar-refractivity contribution in [2.24, 2.45) is 11.7 Å². The number of thiophene rings is 1. The Morgan fingerprint density at radius 1 is 1.24 bits per heavy atom. The van der Waals surface area contributed by atoms with Gasteiger partial charge in [0.25, 0.3) is 11.8 Å². The Morgan fingerprint density at radius 2 is 1.93 bits per heavy atom. The number of rotatable bonds is 6. The highest BCUT2D eigenvalue weighted by Crippen LogP contribution is 2.27. The lowest BCUT2D eigenvalue weighted by Crippen LogP contribution is -2.33. The van der Waals surface area contributed by atoms with Crippen molar-refractivity contribution < 1.29 is 23.9 Å². The number of amides is 3. The van der Waals surface area contributed by atoms with Crippen molar-refractivity contribution in [1.82, 2.24) is 0 Å². The molecule has 8 nitrogen and oxygen atoms in total. The predicted octanol–water partition coefficient (Wildman–Crippen LogP) is 2.08. The minimum atomic E-state index is -1.09. The van der Waals surface area contributed by atoms with Crippen LogP contribution in [-0.2, 0) is 19.1 Å². The van der Waals surface area contributed by atoms with Gasteiger partial charge < -0.3 is 20.7 Å². The summed E-state index contributed by atoms with van der Waals surface area (Å²) in [5.41, 5.74) is 7.23. The van der Waals surface area contributed by atoms with Crippen molar-refractivity contribution >= 4 is 45.7 Å². The summed E-state index contributed by atoms with van der Waals surface area (Å²) in [6.45, 7) is 3.58. The van der Waals surface area contributed by atoms with Gasteiger partial charge in [0.1, 0.15) is 5.00 Å². The number of nitrogens with zero attached hydrogens (tertiary/aromatic N) is 1. The van der Waals surface area contributed by atoms with Gasteiger partial charge in [-0.15, -0.1) is 11.3 Å². The first-order valence-electron chi connectivity index (χ1n) is 9.02. The van der Waals surface area contributed by atoms with E-state index in [0.717, 1.165) is 22.6 Å². The number of carbonyl (C=O) groups excluding carboxylic acids is 4. The number of nitrogens with one attached hydrogen (secondary N) is 1. The summed E-state index contributed by atoms with van der Waals surface area (Å²) in [5, 5.41) is 4.46. The first-order chi connectivity index (χ1) is 13.8. The molecule has 2 atom stereocenters. The van der Waals surface area contributed by atoms with Gasteiger partial charge in [0, 0.05) is 18.7 Å². The number of benzene rings is 1. The van der Waals surface area contributed by atoms with Gasteiger partial charge in [-0.1, -0.05) is 17.7 Å². The summed E-state index contributed by atoms with van der Waals surface area (Å²) >= 11 is 1.14. The molecule has 9 heteroatoms. The van der Waals surface area contributed by atoms with Crippen LogP contribution < -0.4 is 16.0 Å². The molecule has 1 aromatic heterocycles. The van der Waals surface area contributed by atoms with Gasteiger partial charge in [-0.25, -0.2) is 0 Å². The average molecular weight is 415 g/mol. The molecule has 1 fully saturated rings. The smallest absolute Gasteiger partial charge is 0.312 e. The van der Waals surface area contributed by atoms with Gasteiger partial charge in [0.2, 0.25) is 5.91 Å². The predicted molar refractivity (Wildman–Crippen MR) is 109 cm³/mol. The van der Waals surface area contributed by atoms with Crippen LogP contribution >= 0.6 is 11.3 Å². The fourth-order valence-corrected chi connectivity index (χ4v) is 3.77. The average Bonchev–Trinajstić information content (AvgIpc) is 3.29. The zero-order valence-corrected chi connectivity index (χ0v) is 16.8. The largest absolute Gasteiger partial charge is 0.452 e. The number of carbonyl (C=O) groups is 4. The zero-order valence-electron chi connectivity index (χ0n) is 16.0. The molecule has 152 valence electrons. The van der Waals surface area contributed by atoms with Gasteiger partial charge in [0.15, 0.2) is 6.10 Å². The van der Waals surface area contributed by atoms with Gasteiger partial charge in [-0.3, -0.25) is 19.2 Å². The number of ether oxygens (including phenoxy) is 1. The molecule has 2 heterocycles. The number of hydrogen-bond donors (Lipinski definition) is 2. The van der Waals surface area contributed by atoms with Crippen molar-refractivity contribution in [3.05, 3.63) is 46.8 Å². The van der Waals surface area contributed by atoms with E-state index in [4.69, 9.17) is 10.5 Å². The van der Waals surface area contributed by atoms with Gasteiger partial charge in [-0.05, 0) is 37.4 Å². The Bertz CT molecular complexity index is 953. The molecule has 1 aliphatic heterocycles. The molecule has 3 rings (SSSR count). The Morgan fingerprint density at radius 3 is 2.59 bits per heavy atom. The van der Waals surface area contributed by atoms with E-state index in [1.165, 1.54) is 13.0 Å². The molecule has 3 N–H and O–H groups in total. The zero-order chi connectivity index (χ0) is 21.1. The first-order valence-corrected chi connectivity index (χ1v) is 9.90. The third-order valence-corrected chi connectivity index (χ3v) is 5.46. The standard InChI is InChI=1S/C20H21N3O5S/c1-11-3-5-14(6-4-11)23-10-13(9-16(23)24)20(27)28-12(2)18(26)22-19-15(17(21)25)7-8-29-19/h3-8,12-13H,9-10H2,1-2H3,(H2,21,25)(H,22,26)/t12-,13-/m1/s1. The normalized spacial score (nSPS) is 17.1. The first kappa shape index (κ1) is 20.5. The fraction of sp³-hybridized carbons (Fsp3) is 0.300. The second-order valence-electron chi connectivity index (χ2n) is 6.84.